The van der Waals surface area contributed by atoms with E-state index in [0.717, 1.165) is 43.7 Å². The summed E-state index contributed by atoms with van der Waals surface area (Å²) in [6, 6.07) is 1.83. The van der Waals surface area contributed by atoms with Gasteiger partial charge in [0.15, 0.2) is 0 Å². The van der Waals surface area contributed by atoms with Crippen LogP contribution in [-0.4, -0.2) is 31.7 Å². The summed E-state index contributed by atoms with van der Waals surface area (Å²) in [5, 5.41) is 17.6. The Hall–Kier alpha value is -1.96. The normalized spacial score (nSPS) is 29.5. The predicted octanol–water partition coefficient (Wildman–Crippen LogP) is 2.29. The van der Waals surface area contributed by atoms with Crippen molar-refractivity contribution in [3.8, 4) is 0 Å². The minimum atomic E-state index is -0.651. The molecule has 7 nitrogen and oxygen atoms in total. The number of anilines is 1. The van der Waals surface area contributed by atoms with Crippen LogP contribution in [0.3, 0.4) is 0 Å². The molecule has 0 aliphatic heterocycles. The van der Waals surface area contributed by atoms with Crippen molar-refractivity contribution in [1.29, 1.82) is 0 Å². The topological polar surface area (TPSA) is 96.6 Å². The molecule has 2 aliphatic rings. The number of carboxylic acids is 1. The molecule has 0 radical (unpaired) electrons. The van der Waals surface area contributed by atoms with E-state index in [1.807, 2.05) is 0 Å². The average molecular weight is 348 g/mol. The summed E-state index contributed by atoms with van der Waals surface area (Å²) in [6.07, 6.45) is 5.70. The number of aromatic nitrogens is 3. The maximum absolute atomic E-state index is 11.9. The first-order valence-corrected chi connectivity index (χ1v) is 9.13. The highest BCUT2D eigenvalue weighted by Crippen LogP contribution is 2.53. The Morgan fingerprint density at radius 1 is 1.42 bits per heavy atom. The number of nitrogens with zero attached hydrogens (tertiary/aromatic N) is 3. The summed E-state index contributed by atoms with van der Waals surface area (Å²) in [7, 11) is 0. The van der Waals surface area contributed by atoms with Gasteiger partial charge in [-0.15, -0.1) is 5.10 Å². The van der Waals surface area contributed by atoms with Crippen LogP contribution in [0.25, 0.3) is 4.96 Å². The third kappa shape index (κ3) is 2.68. The number of carbonyl (C=O) groups is 1. The first-order chi connectivity index (χ1) is 11.4. The van der Waals surface area contributed by atoms with E-state index in [0.29, 0.717) is 22.1 Å². The van der Waals surface area contributed by atoms with Gasteiger partial charge in [0.25, 0.3) is 5.56 Å². The van der Waals surface area contributed by atoms with Crippen LogP contribution in [0.1, 0.15) is 44.2 Å². The predicted molar refractivity (Wildman–Crippen MR) is 90.5 cm³/mol. The minimum Gasteiger partial charge on any atom is -0.481 e. The molecule has 0 aromatic carbocycles. The highest BCUT2D eigenvalue weighted by Gasteiger charge is 2.47. The molecule has 2 fully saturated rings. The van der Waals surface area contributed by atoms with Gasteiger partial charge in [0.1, 0.15) is 0 Å². The molecule has 0 unspecified atom stereocenters. The first kappa shape index (κ1) is 15.6. The molecule has 128 valence electrons. The summed E-state index contributed by atoms with van der Waals surface area (Å²) >= 11 is 1.39. The monoisotopic (exact) mass is 348 g/mol. The molecule has 0 bridgehead atoms. The lowest BCUT2D eigenvalue weighted by atomic mass is 9.57. The second-order valence-corrected chi connectivity index (χ2v) is 8.16. The Morgan fingerprint density at radius 3 is 2.79 bits per heavy atom. The van der Waals surface area contributed by atoms with E-state index in [4.69, 9.17) is 5.11 Å². The van der Waals surface area contributed by atoms with Gasteiger partial charge >= 0.3 is 5.97 Å². The highest BCUT2D eigenvalue weighted by molar-refractivity contribution is 7.20. The van der Waals surface area contributed by atoms with E-state index in [1.54, 1.807) is 6.92 Å². The van der Waals surface area contributed by atoms with Gasteiger partial charge in [0.05, 0.1) is 5.92 Å². The fourth-order valence-corrected chi connectivity index (χ4v) is 5.05. The first-order valence-electron chi connectivity index (χ1n) is 8.31. The zero-order valence-electron chi connectivity index (χ0n) is 13.5. The molecule has 2 saturated carbocycles. The number of carboxylic acid groups (broad SMARTS) is 1. The third-order valence-electron chi connectivity index (χ3n) is 5.46. The second kappa shape index (κ2) is 5.54. The summed E-state index contributed by atoms with van der Waals surface area (Å²) in [4.78, 5) is 27.9. The van der Waals surface area contributed by atoms with Crippen molar-refractivity contribution in [2.24, 2.45) is 11.3 Å². The molecule has 2 aromatic heterocycles. The van der Waals surface area contributed by atoms with Crippen molar-refractivity contribution in [2.45, 2.75) is 51.5 Å². The number of aryl methyl sites for hydroxylation is 1. The Kier molecular flexibility index (Phi) is 3.59. The van der Waals surface area contributed by atoms with Crippen LogP contribution in [-0.2, 0) is 4.79 Å². The van der Waals surface area contributed by atoms with E-state index in [9.17, 15) is 9.59 Å². The van der Waals surface area contributed by atoms with Crippen LogP contribution in [0.4, 0.5) is 5.13 Å². The summed E-state index contributed by atoms with van der Waals surface area (Å²) in [6.45, 7) is 1.80. The van der Waals surface area contributed by atoms with Gasteiger partial charge in [0.2, 0.25) is 10.1 Å². The number of fused-ring (bicyclic) bond motifs is 1. The molecular weight excluding hydrogens is 328 g/mol. The van der Waals surface area contributed by atoms with Crippen LogP contribution in [0.15, 0.2) is 10.9 Å². The maximum atomic E-state index is 11.9. The molecule has 2 aromatic rings. The van der Waals surface area contributed by atoms with Gasteiger partial charge in [-0.25, -0.2) is 4.98 Å². The molecule has 0 saturated heterocycles. The quantitative estimate of drug-likeness (QED) is 0.883. The van der Waals surface area contributed by atoms with Gasteiger partial charge in [-0.2, -0.15) is 4.52 Å². The Labute approximate surface area is 142 Å². The van der Waals surface area contributed by atoms with Crippen molar-refractivity contribution < 1.29 is 9.90 Å². The Balaban J connectivity index is 1.40. The Morgan fingerprint density at radius 2 is 2.12 bits per heavy atom. The summed E-state index contributed by atoms with van der Waals surface area (Å²) < 4.78 is 1.34. The van der Waals surface area contributed by atoms with Gasteiger partial charge in [0, 0.05) is 17.8 Å². The second-order valence-electron chi connectivity index (χ2n) is 7.20. The van der Waals surface area contributed by atoms with Crippen molar-refractivity contribution >= 4 is 27.4 Å². The number of hydrogen-bond acceptors (Lipinski definition) is 6. The maximum Gasteiger partial charge on any atom is 0.306 e. The molecular formula is C16H20N4O3S. The van der Waals surface area contributed by atoms with E-state index in [1.165, 1.54) is 21.9 Å². The fraction of sp³-hybridized carbons (Fsp3) is 0.625. The largest absolute Gasteiger partial charge is 0.481 e. The molecule has 8 heteroatoms. The third-order valence-corrected chi connectivity index (χ3v) is 6.29. The number of nitrogens with one attached hydrogen (secondary N) is 1. The van der Waals surface area contributed by atoms with Crippen molar-refractivity contribution in [1.82, 2.24) is 14.6 Å². The van der Waals surface area contributed by atoms with E-state index in [2.05, 4.69) is 15.4 Å². The van der Waals surface area contributed by atoms with Crippen molar-refractivity contribution in [3.05, 3.63) is 22.1 Å². The molecule has 2 aliphatic carbocycles. The number of rotatable bonds is 3. The zero-order chi connectivity index (χ0) is 16.9. The summed E-state index contributed by atoms with van der Waals surface area (Å²) in [5.74, 6) is -0.811. The van der Waals surface area contributed by atoms with Gasteiger partial charge in [-0.3, -0.25) is 9.59 Å². The summed E-state index contributed by atoms with van der Waals surface area (Å²) in [5.41, 5.74) is 0.860. The van der Waals surface area contributed by atoms with Gasteiger partial charge in [-0.1, -0.05) is 11.3 Å². The zero-order valence-corrected chi connectivity index (χ0v) is 14.3. The van der Waals surface area contributed by atoms with Crippen molar-refractivity contribution in [2.75, 3.05) is 5.32 Å². The lowest BCUT2D eigenvalue weighted by molar-refractivity contribution is -0.144. The van der Waals surface area contributed by atoms with E-state index < -0.39 is 5.97 Å². The average Bonchev–Trinajstić information content (AvgIpc) is 2.89. The lowest BCUT2D eigenvalue weighted by Crippen LogP contribution is -2.47. The lowest BCUT2D eigenvalue weighted by Gasteiger charge is -2.51. The molecule has 2 heterocycles. The van der Waals surface area contributed by atoms with Gasteiger partial charge in [-0.05, 0) is 50.9 Å². The molecule has 1 spiro atoms. The SMILES string of the molecule is Cc1cc(=O)n2nc(NC3CC4(CCC(C(=O)O)CC4)C3)sc2n1. The molecule has 4 rings (SSSR count). The van der Waals surface area contributed by atoms with Crippen LogP contribution in [0.2, 0.25) is 0 Å². The standard InChI is InChI=1S/C16H20N4O3S/c1-9-6-12(21)20-15(17-9)24-14(19-20)18-11-7-16(8-11)4-2-10(3-5-16)13(22)23/h6,10-11H,2-5,7-8H2,1H3,(H,18,19)(H,22,23). The molecule has 24 heavy (non-hydrogen) atoms. The van der Waals surface area contributed by atoms with Crippen LogP contribution in [0, 0.1) is 18.3 Å². The number of aliphatic carboxylic acids is 1. The molecule has 2 N–H and O–H groups in total. The van der Waals surface area contributed by atoms with E-state index >= 15 is 0 Å². The van der Waals surface area contributed by atoms with Gasteiger partial charge < -0.3 is 10.4 Å². The van der Waals surface area contributed by atoms with Crippen LogP contribution in [0.5, 0.6) is 0 Å². The smallest absolute Gasteiger partial charge is 0.306 e. The van der Waals surface area contributed by atoms with Crippen LogP contribution < -0.4 is 10.9 Å². The van der Waals surface area contributed by atoms with E-state index in [-0.39, 0.29) is 11.5 Å². The molecule has 0 atom stereocenters. The number of hydrogen-bond donors (Lipinski definition) is 2. The minimum absolute atomic E-state index is 0.154. The fourth-order valence-electron chi connectivity index (χ4n) is 4.13. The highest BCUT2D eigenvalue weighted by atomic mass is 32.1. The Bertz CT molecular complexity index is 843. The van der Waals surface area contributed by atoms with Crippen molar-refractivity contribution in [3.63, 3.8) is 0 Å². The van der Waals surface area contributed by atoms with Crippen LogP contribution >= 0.6 is 11.3 Å². The molecule has 0 amide bonds.